The molecule has 0 unspecified atom stereocenters. The van der Waals surface area contributed by atoms with E-state index >= 15 is 0 Å². The Labute approximate surface area is 76.4 Å². The van der Waals surface area contributed by atoms with Gasteiger partial charge < -0.3 is 14.4 Å². The summed E-state index contributed by atoms with van der Waals surface area (Å²) < 4.78 is 9.50. The van der Waals surface area contributed by atoms with Crippen molar-refractivity contribution in [1.82, 2.24) is 0 Å². The van der Waals surface area contributed by atoms with Crippen molar-refractivity contribution < 1.29 is 19.2 Å². The number of hydrogen-bond donors (Lipinski definition) is 1. The maximum atomic E-state index is 10.0. The fourth-order valence-corrected chi connectivity index (χ4v) is 0.694. The van der Waals surface area contributed by atoms with Crippen molar-refractivity contribution in [3.05, 3.63) is 30.3 Å². The molecule has 0 fully saturated rings. The largest absolute Gasteiger partial charge is 0.572 e. The van der Waals surface area contributed by atoms with Crippen LogP contribution in [0.3, 0.4) is 0 Å². The Bertz CT molecular complexity index is 262. The summed E-state index contributed by atoms with van der Waals surface area (Å²) in [5.74, 6) is -0.430. The van der Waals surface area contributed by atoms with Crippen molar-refractivity contribution in [2.75, 3.05) is 6.61 Å². The van der Waals surface area contributed by atoms with E-state index in [1.807, 2.05) is 6.07 Å². The van der Waals surface area contributed by atoms with Crippen LogP contribution in [0.15, 0.2) is 30.3 Å². The van der Waals surface area contributed by atoms with Crippen LogP contribution in [0.2, 0.25) is 0 Å². The number of para-hydroxylation sites is 1. The fourth-order valence-electron chi connectivity index (χ4n) is 0.694. The van der Waals surface area contributed by atoms with Crippen molar-refractivity contribution in [2.24, 2.45) is 0 Å². The molecule has 0 saturated heterocycles. The van der Waals surface area contributed by atoms with Crippen molar-refractivity contribution in [2.45, 2.75) is 0 Å². The van der Waals surface area contributed by atoms with Crippen LogP contribution < -0.4 is 4.65 Å². The zero-order chi connectivity index (χ0) is 9.52. The molecule has 4 nitrogen and oxygen atoms in total. The molecule has 0 aliphatic heterocycles. The number of carboxylic acid groups (broad SMARTS) is 1. The van der Waals surface area contributed by atoms with Crippen LogP contribution in [0.1, 0.15) is 0 Å². The van der Waals surface area contributed by atoms with Gasteiger partial charge in [-0.25, -0.2) is 4.79 Å². The standard InChI is InChI=1S/C8H8BO4/c10-8(11)6-12-9-13-7-4-2-1-3-5-7/h1-5H,6H2,(H,10,11). The highest BCUT2D eigenvalue weighted by molar-refractivity contribution is 6.19. The molecule has 0 aromatic heterocycles. The molecule has 67 valence electrons. The lowest BCUT2D eigenvalue weighted by Gasteiger charge is -2.02. The van der Waals surface area contributed by atoms with Gasteiger partial charge in [-0.2, -0.15) is 0 Å². The Hall–Kier alpha value is -1.49. The summed E-state index contributed by atoms with van der Waals surface area (Å²) in [4.78, 5) is 10.0. The van der Waals surface area contributed by atoms with Gasteiger partial charge in [0.2, 0.25) is 0 Å². The van der Waals surface area contributed by atoms with Crippen LogP contribution in [0, 0.1) is 0 Å². The van der Waals surface area contributed by atoms with Crippen LogP contribution in [0.5, 0.6) is 5.75 Å². The van der Waals surface area contributed by atoms with E-state index in [9.17, 15) is 4.79 Å². The first-order chi connectivity index (χ1) is 6.29. The molecule has 0 aliphatic carbocycles. The highest BCUT2D eigenvalue weighted by Crippen LogP contribution is 2.06. The molecule has 0 aliphatic rings. The summed E-state index contributed by atoms with van der Waals surface area (Å²) in [6.45, 7) is -0.396. The molecule has 0 saturated carbocycles. The van der Waals surface area contributed by atoms with Crippen LogP contribution in [0.25, 0.3) is 0 Å². The Morgan fingerprint density at radius 3 is 2.69 bits per heavy atom. The van der Waals surface area contributed by atoms with E-state index in [0.29, 0.717) is 5.75 Å². The maximum absolute atomic E-state index is 10.0. The van der Waals surface area contributed by atoms with Crippen LogP contribution in [-0.4, -0.2) is 25.4 Å². The normalized spacial score (nSPS) is 9.23. The highest BCUT2D eigenvalue weighted by Gasteiger charge is 2.00. The van der Waals surface area contributed by atoms with Gasteiger partial charge in [0, 0.05) is 0 Å². The summed E-state index contributed by atoms with van der Waals surface area (Å²) in [5, 5.41) is 8.21. The summed E-state index contributed by atoms with van der Waals surface area (Å²) >= 11 is 0. The van der Waals surface area contributed by atoms with Crippen molar-refractivity contribution in [3.8, 4) is 5.75 Å². The van der Waals surface area contributed by atoms with Crippen molar-refractivity contribution in [3.63, 3.8) is 0 Å². The number of carbonyl (C=O) groups is 1. The predicted molar refractivity (Wildman–Crippen MR) is 46.4 cm³/mol. The second-order valence-electron chi connectivity index (χ2n) is 2.23. The first-order valence-electron chi connectivity index (χ1n) is 3.66. The second-order valence-corrected chi connectivity index (χ2v) is 2.23. The van der Waals surface area contributed by atoms with Gasteiger partial charge in [0.15, 0.2) is 0 Å². The topological polar surface area (TPSA) is 55.8 Å². The minimum Gasteiger partial charge on any atom is -0.537 e. The zero-order valence-corrected chi connectivity index (χ0v) is 6.84. The van der Waals surface area contributed by atoms with E-state index in [4.69, 9.17) is 9.76 Å². The molecule has 0 atom stereocenters. The van der Waals surface area contributed by atoms with Crippen LogP contribution in [0.4, 0.5) is 0 Å². The lowest BCUT2D eigenvalue weighted by molar-refractivity contribution is -0.139. The molecular formula is C8H8BO4. The summed E-state index contributed by atoms with van der Waals surface area (Å²) in [6, 6.07) is 8.94. The number of carboxylic acids is 1. The second kappa shape index (κ2) is 5.21. The van der Waals surface area contributed by atoms with Crippen molar-refractivity contribution in [1.29, 1.82) is 0 Å². The molecule has 0 heterocycles. The molecule has 0 amide bonds. The van der Waals surface area contributed by atoms with Gasteiger partial charge in [0.1, 0.15) is 6.61 Å². The van der Waals surface area contributed by atoms with Gasteiger partial charge in [-0.3, -0.25) is 0 Å². The number of rotatable bonds is 5. The summed E-state index contributed by atoms with van der Waals surface area (Å²) in [7, 11) is 1.00. The molecular weight excluding hydrogens is 171 g/mol. The third-order valence-corrected chi connectivity index (χ3v) is 1.20. The molecule has 13 heavy (non-hydrogen) atoms. The predicted octanol–water partition coefficient (Wildman–Crippen LogP) is 0.701. The molecule has 0 spiro atoms. The van der Waals surface area contributed by atoms with Gasteiger partial charge in [-0.05, 0) is 12.1 Å². The molecule has 1 N–H and O–H groups in total. The fraction of sp³-hybridized carbons (Fsp3) is 0.125. The Morgan fingerprint density at radius 2 is 2.08 bits per heavy atom. The SMILES string of the molecule is O=C(O)CO[B]Oc1ccccc1. The highest BCUT2D eigenvalue weighted by atomic mass is 16.6. The van der Waals surface area contributed by atoms with E-state index < -0.39 is 12.6 Å². The molecule has 5 heteroatoms. The van der Waals surface area contributed by atoms with E-state index in [1.54, 1.807) is 24.3 Å². The number of benzene rings is 1. The average Bonchev–Trinajstić information content (AvgIpc) is 2.14. The third kappa shape index (κ3) is 4.17. The number of hydrogen-bond acceptors (Lipinski definition) is 3. The van der Waals surface area contributed by atoms with Gasteiger partial charge >= 0.3 is 13.7 Å². The lowest BCUT2D eigenvalue weighted by atomic mass is 10.3. The zero-order valence-electron chi connectivity index (χ0n) is 6.84. The van der Waals surface area contributed by atoms with Gasteiger partial charge in [0.05, 0.1) is 5.75 Å². The Morgan fingerprint density at radius 1 is 1.38 bits per heavy atom. The van der Waals surface area contributed by atoms with Crippen LogP contribution >= 0.6 is 0 Å². The molecule has 1 radical (unpaired) electrons. The molecule has 0 bridgehead atoms. The Balaban J connectivity index is 2.17. The van der Waals surface area contributed by atoms with Crippen LogP contribution in [-0.2, 0) is 9.45 Å². The lowest BCUT2D eigenvalue weighted by Crippen LogP contribution is -2.14. The van der Waals surface area contributed by atoms with E-state index in [-0.39, 0.29) is 0 Å². The average molecular weight is 179 g/mol. The van der Waals surface area contributed by atoms with E-state index in [2.05, 4.69) is 4.65 Å². The summed E-state index contributed by atoms with van der Waals surface area (Å²) in [5.41, 5.74) is 0. The monoisotopic (exact) mass is 179 g/mol. The third-order valence-electron chi connectivity index (χ3n) is 1.20. The van der Waals surface area contributed by atoms with Gasteiger partial charge in [-0.1, -0.05) is 18.2 Å². The minimum atomic E-state index is -1.03. The first-order valence-corrected chi connectivity index (χ1v) is 3.66. The van der Waals surface area contributed by atoms with Crippen molar-refractivity contribution >= 4 is 13.7 Å². The first kappa shape index (κ1) is 9.60. The molecule has 1 aromatic carbocycles. The number of aliphatic carboxylic acids is 1. The smallest absolute Gasteiger partial charge is 0.537 e. The van der Waals surface area contributed by atoms with Gasteiger partial charge in [0.25, 0.3) is 0 Å². The van der Waals surface area contributed by atoms with E-state index in [1.165, 1.54) is 0 Å². The molecule has 1 aromatic rings. The maximum Gasteiger partial charge on any atom is 0.572 e. The summed E-state index contributed by atoms with van der Waals surface area (Å²) in [6.07, 6.45) is 0. The van der Waals surface area contributed by atoms with E-state index in [0.717, 1.165) is 7.69 Å². The minimum absolute atomic E-state index is 0.396. The van der Waals surface area contributed by atoms with Gasteiger partial charge in [-0.15, -0.1) is 0 Å². The quantitative estimate of drug-likeness (QED) is 0.533. The molecule has 1 rings (SSSR count). The Kier molecular flexibility index (Phi) is 3.85.